The monoisotopic (exact) mass is 328 g/mol. The maximum atomic E-state index is 12.5. The fourth-order valence-corrected chi connectivity index (χ4v) is 3.77. The summed E-state index contributed by atoms with van der Waals surface area (Å²) in [6.07, 6.45) is 4.51. The molecule has 2 heterocycles. The van der Waals surface area contributed by atoms with Crippen LogP contribution in [0.1, 0.15) is 13.3 Å². The van der Waals surface area contributed by atoms with Crippen molar-refractivity contribution in [3.8, 4) is 0 Å². The third-order valence-corrected chi connectivity index (χ3v) is 5.08. The van der Waals surface area contributed by atoms with Crippen LogP contribution in [-0.2, 0) is 10.0 Å². The predicted octanol–water partition coefficient (Wildman–Crippen LogP) is 1.80. The first-order chi connectivity index (χ1) is 10.1. The Morgan fingerprint density at radius 3 is 2.90 bits per heavy atom. The molecule has 21 heavy (non-hydrogen) atoms. The Bertz CT molecular complexity index is 697. The number of pyridine rings is 1. The molecule has 0 aromatic carbocycles. The molecule has 116 valence electrons. The molecule has 8 heteroatoms. The molecule has 2 aromatic rings. The molecule has 0 fully saturated rings. The quantitative estimate of drug-likeness (QED) is 0.723. The highest BCUT2D eigenvalue weighted by atomic mass is 32.2. The van der Waals surface area contributed by atoms with E-state index in [1.165, 1.54) is 0 Å². The summed E-state index contributed by atoms with van der Waals surface area (Å²) in [5, 5.41) is 3.19. The van der Waals surface area contributed by atoms with Crippen LogP contribution in [0.3, 0.4) is 0 Å². The van der Waals surface area contributed by atoms with Gasteiger partial charge in [-0.15, -0.1) is 0 Å². The van der Waals surface area contributed by atoms with E-state index in [0.717, 1.165) is 12.2 Å². The van der Waals surface area contributed by atoms with Gasteiger partial charge in [0.05, 0.1) is 0 Å². The van der Waals surface area contributed by atoms with Gasteiger partial charge in [-0.3, -0.25) is 4.40 Å². The maximum Gasteiger partial charge on any atom is 0.260 e. The lowest BCUT2D eigenvalue weighted by atomic mass is 10.5. The summed E-state index contributed by atoms with van der Waals surface area (Å²) in [5.41, 5.74) is 0.609. The van der Waals surface area contributed by atoms with E-state index in [4.69, 9.17) is 0 Å². The van der Waals surface area contributed by atoms with Gasteiger partial charge in [-0.05, 0) is 37.5 Å². The van der Waals surface area contributed by atoms with Crippen molar-refractivity contribution in [2.45, 2.75) is 18.4 Å². The molecule has 0 radical (unpaired) electrons. The molecule has 0 aliphatic heterocycles. The Morgan fingerprint density at radius 1 is 1.38 bits per heavy atom. The largest absolute Gasteiger partial charge is 0.368 e. The number of nitrogens with one attached hydrogen (secondary N) is 2. The summed E-state index contributed by atoms with van der Waals surface area (Å²) in [6.45, 7) is 2.94. The number of thioether (sulfide) groups is 1. The van der Waals surface area contributed by atoms with Crippen LogP contribution in [0.25, 0.3) is 5.65 Å². The highest BCUT2D eigenvalue weighted by Gasteiger charge is 2.24. The highest BCUT2D eigenvalue weighted by Crippen LogP contribution is 2.22. The second kappa shape index (κ2) is 7.15. The van der Waals surface area contributed by atoms with Gasteiger partial charge in [0.25, 0.3) is 10.0 Å². The lowest BCUT2D eigenvalue weighted by Gasteiger charge is -2.08. The average Bonchev–Trinajstić information content (AvgIpc) is 2.83. The molecule has 2 N–H and O–H groups in total. The molecule has 6 nitrogen and oxygen atoms in total. The summed E-state index contributed by atoms with van der Waals surface area (Å²) in [7, 11) is -3.60. The fraction of sp³-hybridized carbons (Fsp3) is 0.462. The Hall–Kier alpha value is -1.25. The van der Waals surface area contributed by atoms with Crippen molar-refractivity contribution < 1.29 is 8.42 Å². The zero-order chi connectivity index (χ0) is 15.3. The highest BCUT2D eigenvalue weighted by molar-refractivity contribution is 7.98. The van der Waals surface area contributed by atoms with E-state index in [1.54, 1.807) is 34.5 Å². The van der Waals surface area contributed by atoms with Crippen molar-refractivity contribution >= 4 is 33.3 Å². The van der Waals surface area contributed by atoms with Crippen LogP contribution in [-0.4, -0.2) is 42.9 Å². The number of anilines is 1. The van der Waals surface area contributed by atoms with Crippen LogP contribution in [0.4, 0.5) is 5.82 Å². The van der Waals surface area contributed by atoms with Crippen LogP contribution in [0, 0.1) is 0 Å². The molecule has 0 saturated carbocycles. The number of hydrogen-bond donors (Lipinski definition) is 2. The number of imidazole rings is 1. The van der Waals surface area contributed by atoms with Gasteiger partial charge in [0.2, 0.25) is 0 Å². The minimum atomic E-state index is -3.60. The number of aromatic nitrogens is 2. The Morgan fingerprint density at radius 2 is 2.19 bits per heavy atom. The van der Waals surface area contributed by atoms with Gasteiger partial charge >= 0.3 is 0 Å². The first-order valence-corrected chi connectivity index (χ1v) is 9.67. The SMILES string of the molecule is CCNc1nc2ccccn2c1S(=O)(=O)NCCCSC. The van der Waals surface area contributed by atoms with Gasteiger partial charge in [0.15, 0.2) is 10.8 Å². The normalized spacial score (nSPS) is 11.9. The van der Waals surface area contributed by atoms with E-state index in [0.29, 0.717) is 24.6 Å². The van der Waals surface area contributed by atoms with E-state index in [9.17, 15) is 8.42 Å². The van der Waals surface area contributed by atoms with Crippen molar-refractivity contribution in [3.63, 3.8) is 0 Å². The number of hydrogen-bond acceptors (Lipinski definition) is 5. The molecule has 0 saturated heterocycles. The molecule has 0 aliphatic carbocycles. The molecule has 0 unspecified atom stereocenters. The zero-order valence-corrected chi connectivity index (χ0v) is 13.8. The van der Waals surface area contributed by atoms with E-state index in [1.807, 2.05) is 19.2 Å². The van der Waals surface area contributed by atoms with E-state index in [2.05, 4.69) is 15.0 Å². The number of rotatable bonds is 8. The third-order valence-electron chi connectivity index (χ3n) is 2.90. The first-order valence-electron chi connectivity index (χ1n) is 6.79. The van der Waals surface area contributed by atoms with Gasteiger partial charge in [-0.2, -0.15) is 11.8 Å². The van der Waals surface area contributed by atoms with Crippen LogP contribution >= 0.6 is 11.8 Å². The van der Waals surface area contributed by atoms with Crippen LogP contribution in [0.5, 0.6) is 0 Å². The Labute approximate surface area is 129 Å². The van der Waals surface area contributed by atoms with Gasteiger partial charge in [-0.25, -0.2) is 18.1 Å². The summed E-state index contributed by atoms with van der Waals surface area (Å²) in [6, 6.07) is 5.41. The molecule has 2 rings (SSSR count). The van der Waals surface area contributed by atoms with Crippen molar-refractivity contribution in [1.82, 2.24) is 14.1 Å². The molecule has 0 amide bonds. The molecule has 0 aliphatic rings. The third kappa shape index (κ3) is 3.69. The minimum Gasteiger partial charge on any atom is -0.368 e. The number of sulfonamides is 1. The molecule has 0 atom stereocenters. The maximum absolute atomic E-state index is 12.5. The van der Waals surface area contributed by atoms with Crippen molar-refractivity contribution in [3.05, 3.63) is 24.4 Å². The predicted molar refractivity (Wildman–Crippen MR) is 87.5 cm³/mol. The number of fused-ring (bicyclic) bond motifs is 1. The lowest BCUT2D eigenvalue weighted by Crippen LogP contribution is -2.27. The molecule has 0 spiro atoms. The van der Waals surface area contributed by atoms with E-state index in [-0.39, 0.29) is 5.03 Å². The molecule has 0 bridgehead atoms. The van der Waals surface area contributed by atoms with E-state index < -0.39 is 10.0 Å². The standard InChI is InChI=1S/C13H20N4O2S2/c1-3-14-12-13(17-9-5-4-7-11(17)16-12)21(18,19)15-8-6-10-20-2/h4-5,7,9,14-15H,3,6,8,10H2,1-2H3. The molecular formula is C13H20N4O2S2. The topological polar surface area (TPSA) is 75.5 Å². The summed E-state index contributed by atoms with van der Waals surface area (Å²) in [4.78, 5) is 4.34. The Kier molecular flexibility index (Phi) is 5.49. The van der Waals surface area contributed by atoms with Crippen LogP contribution in [0.15, 0.2) is 29.4 Å². The second-order valence-electron chi connectivity index (χ2n) is 4.47. The number of nitrogens with zero attached hydrogens (tertiary/aromatic N) is 2. The smallest absolute Gasteiger partial charge is 0.260 e. The summed E-state index contributed by atoms with van der Waals surface area (Å²) in [5.74, 6) is 1.32. The van der Waals surface area contributed by atoms with E-state index >= 15 is 0 Å². The van der Waals surface area contributed by atoms with Crippen molar-refractivity contribution in [2.24, 2.45) is 0 Å². The summed E-state index contributed by atoms with van der Waals surface area (Å²) >= 11 is 1.70. The summed E-state index contributed by atoms with van der Waals surface area (Å²) < 4.78 is 29.3. The van der Waals surface area contributed by atoms with Gasteiger partial charge < -0.3 is 5.32 Å². The first kappa shape index (κ1) is 16.1. The second-order valence-corrected chi connectivity index (χ2v) is 7.14. The van der Waals surface area contributed by atoms with Gasteiger partial charge in [-0.1, -0.05) is 6.07 Å². The zero-order valence-electron chi connectivity index (χ0n) is 12.2. The molecule has 2 aromatic heterocycles. The van der Waals surface area contributed by atoms with Gasteiger partial charge in [0.1, 0.15) is 5.65 Å². The van der Waals surface area contributed by atoms with Gasteiger partial charge in [0, 0.05) is 19.3 Å². The Balaban J connectivity index is 2.36. The molecular weight excluding hydrogens is 308 g/mol. The van der Waals surface area contributed by atoms with Crippen molar-refractivity contribution in [2.75, 3.05) is 30.4 Å². The van der Waals surface area contributed by atoms with Crippen molar-refractivity contribution in [1.29, 1.82) is 0 Å². The minimum absolute atomic E-state index is 0.170. The lowest BCUT2D eigenvalue weighted by molar-refractivity contribution is 0.576. The van der Waals surface area contributed by atoms with Crippen LogP contribution < -0.4 is 10.0 Å². The fourth-order valence-electron chi connectivity index (χ4n) is 2.00. The van der Waals surface area contributed by atoms with Crippen LogP contribution in [0.2, 0.25) is 0 Å². The average molecular weight is 328 g/mol.